The van der Waals surface area contributed by atoms with Crippen LogP contribution in [0.15, 0.2) is 24.3 Å². The van der Waals surface area contributed by atoms with E-state index in [-0.39, 0.29) is 0 Å². The quantitative estimate of drug-likeness (QED) is 0.698. The Bertz CT molecular complexity index is 500. The van der Waals surface area contributed by atoms with E-state index in [0.717, 1.165) is 11.3 Å². The van der Waals surface area contributed by atoms with Gasteiger partial charge in [0, 0.05) is 0 Å². The second-order valence-electron chi connectivity index (χ2n) is 5.00. The van der Waals surface area contributed by atoms with E-state index in [9.17, 15) is 9.59 Å². The highest BCUT2D eigenvalue weighted by Crippen LogP contribution is 2.14. The van der Waals surface area contributed by atoms with E-state index < -0.39 is 24.0 Å². The van der Waals surface area contributed by atoms with Crippen LogP contribution in [0, 0.1) is 0 Å². The Hall–Kier alpha value is -2.08. The monoisotopic (exact) mass is 323 g/mol. The molecule has 0 fully saturated rings. The minimum atomic E-state index is -0.627. The van der Waals surface area contributed by atoms with E-state index in [2.05, 4.69) is 5.32 Å². The summed E-state index contributed by atoms with van der Waals surface area (Å²) < 4.78 is 15.1. The van der Waals surface area contributed by atoms with Crippen molar-refractivity contribution >= 4 is 11.9 Å². The number of hydrogen-bond donors (Lipinski definition) is 1. The average Bonchev–Trinajstić information content (AvgIpc) is 2.55. The number of hydrogen-bond acceptors (Lipinski definition) is 6. The van der Waals surface area contributed by atoms with Gasteiger partial charge in [0.15, 0.2) is 0 Å². The maximum Gasteiger partial charge on any atom is 0.323 e. The van der Waals surface area contributed by atoms with Crippen LogP contribution in [-0.2, 0) is 25.5 Å². The predicted molar refractivity (Wildman–Crippen MR) is 86.3 cm³/mol. The summed E-state index contributed by atoms with van der Waals surface area (Å²) >= 11 is 0. The van der Waals surface area contributed by atoms with E-state index in [0.29, 0.717) is 19.6 Å². The average molecular weight is 323 g/mol. The third-order valence-electron chi connectivity index (χ3n) is 3.25. The van der Waals surface area contributed by atoms with Gasteiger partial charge in [-0.05, 0) is 44.9 Å². The highest BCUT2D eigenvalue weighted by atomic mass is 16.5. The smallest absolute Gasteiger partial charge is 0.323 e. The van der Waals surface area contributed by atoms with Crippen LogP contribution >= 0.6 is 0 Å². The first kappa shape index (κ1) is 19.0. The molecule has 128 valence electrons. The fourth-order valence-electron chi connectivity index (χ4n) is 2.11. The number of carbonyl (C=O) groups is 2. The molecule has 0 spiro atoms. The lowest BCUT2D eigenvalue weighted by Gasteiger charge is -2.20. The number of ether oxygens (including phenoxy) is 3. The van der Waals surface area contributed by atoms with Crippen molar-refractivity contribution in [3.8, 4) is 5.75 Å². The molecule has 6 nitrogen and oxygen atoms in total. The summed E-state index contributed by atoms with van der Waals surface area (Å²) in [5.74, 6) is -0.0400. The van der Waals surface area contributed by atoms with Gasteiger partial charge in [-0.1, -0.05) is 12.1 Å². The van der Waals surface area contributed by atoms with Crippen LogP contribution in [0.5, 0.6) is 5.75 Å². The minimum absolute atomic E-state index is 0.298. The van der Waals surface area contributed by atoms with Gasteiger partial charge in [0.2, 0.25) is 0 Å². The molecule has 0 aliphatic carbocycles. The molecular weight excluding hydrogens is 298 g/mol. The second-order valence-corrected chi connectivity index (χ2v) is 5.00. The molecule has 23 heavy (non-hydrogen) atoms. The molecule has 0 amide bonds. The van der Waals surface area contributed by atoms with Crippen LogP contribution in [0.25, 0.3) is 0 Å². The Balaban J connectivity index is 2.74. The van der Waals surface area contributed by atoms with Crippen LogP contribution in [0.3, 0.4) is 0 Å². The van der Waals surface area contributed by atoms with E-state index in [1.54, 1.807) is 13.8 Å². The van der Waals surface area contributed by atoms with E-state index in [1.165, 1.54) is 7.11 Å². The van der Waals surface area contributed by atoms with Gasteiger partial charge in [-0.25, -0.2) is 0 Å². The maximum absolute atomic E-state index is 11.9. The predicted octanol–water partition coefficient (Wildman–Crippen LogP) is 1.71. The van der Waals surface area contributed by atoms with Crippen molar-refractivity contribution in [3.05, 3.63) is 29.8 Å². The van der Waals surface area contributed by atoms with Crippen molar-refractivity contribution in [1.29, 1.82) is 0 Å². The van der Waals surface area contributed by atoms with E-state index in [4.69, 9.17) is 14.2 Å². The first-order chi connectivity index (χ1) is 11.0. The molecule has 0 aromatic heterocycles. The van der Waals surface area contributed by atoms with Crippen LogP contribution in [-0.4, -0.2) is 44.3 Å². The number of carbonyl (C=O) groups excluding carboxylic acids is 2. The van der Waals surface area contributed by atoms with Gasteiger partial charge in [-0.15, -0.1) is 0 Å². The fourth-order valence-corrected chi connectivity index (χ4v) is 2.11. The summed E-state index contributed by atoms with van der Waals surface area (Å²) in [4.78, 5) is 23.6. The van der Waals surface area contributed by atoms with Crippen molar-refractivity contribution in [2.24, 2.45) is 0 Å². The molecule has 0 radical (unpaired) electrons. The normalized spacial score (nSPS) is 13.0. The van der Waals surface area contributed by atoms with Gasteiger partial charge in [0.25, 0.3) is 0 Å². The summed E-state index contributed by atoms with van der Waals surface area (Å²) in [7, 11) is 1.32. The summed E-state index contributed by atoms with van der Waals surface area (Å²) in [6.45, 7) is 6.21. The Morgan fingerprint density at radius 2 is 1.74 bits per heavy atom. The minimum Gasteiger partial charge on any atom is -0.494 e. The van der Waals surface area contributed by atoms with Crippen LogP contribution in [0.2, 0.25) is 0 Å². The second kappa shape index (κ2) is 9.84. The maximum atomic E-state index is 11.9. The first-order valence-corrected chi connectivity index (χ1v) is 7.74. The number of rotatable bonds is 9. The van der Waals surface area contributed by atoms with Gasteiger partial charge in [-0.2, -0.15) is 0 Å². The lowest BCUT2D eigenvalue weighted by Crippen LogP contribution is -2.47. The Morgan fingerprint density at radius 3 is 2.26 bits per heavy atom. The van der Waals surface area contributed by atoms with Gasteiger partial charge in [-0.3, -0.25) is 14.9 Å². The molecule has 6 heteroatoms. The first-order valence-electron chi connectivity index (χ1n) is 7.74. The lowest BCUT2D eigenvalue weighted by molar-refractivity contribution is -0.147. The molecule has 0 aliphatic rings. The molecule has 1 N–H and O–H groups in total. The fraction of sp³-hybridized carbons (Fsp3) is 0.529. The van der Waals surface area contributed by atoms with Crippen molar-refractivity contribution < 1.29 is 23.8 Å². The molecule has 0 heterocycles. The molecule has 0 unspecified atom stereocenters. The Labute approximate surface area is 137 Å². The zero-order valence-electron chi connectivity index (χ0n) is 14.1. The molecule has 0 aliphatic heterocycles. The SMILES string of the molecule is CCOC(=O)[C@H](C)N[C@@H](Cc1ccc(OCC)cc1)C(=O)OC. The summed E-state index contributed by atoms with van der Waals surface area (Å²) in [5.41, 5.74) is 0.937. The van der Waals surface area contributed by atoms with Gasteiger partial charge < -0.3 is 14.2 Å². The summed E-state index contributed by atoms with van der Waals surface area (Å²) in [5, 5.41) is 2.96. The third kappa shape index (κ3) is 6.28. The zero-order valence-corrected chi connectivity index (χ0v) is 14.1. The largest absolute Gasteiger partial charge is 0.494 e. The van der Waals surface area contributed by atoms with Gasteiger partial charge in [0.05, 0.1) is 20.3 Å². The summed E-state index contributed by atoms with van der Waals surface area (Å²) in [6, 6.07) is 6.25. The molecule has 0 bridgehead atoms. The molecule has 0 saturated carbocycles. The van der Waals surface area contributed by atoms with E-state index in [1.807, 2.05) is 31.2 Å². The number of nitrogens with one attached hydrogen (secondary N) is 1. The van der Waals surface area contributed by atoms with Crippen molar-refractivity contribution in [2.45, 2.75) is 39.3 Å². The topological polar surface area (TPSA) is 73.9 Å². The van der Waals surface area contributed by atoms with Gasteiger partial charge in [0.1, 0.15) is 17.8 Å². The van der Waals surface area contributed by atoms with Crippen molar-refractivity contribution in [1.82, 2.24) is 5.32 Å². The zero-order chi connectivity index (χ0) is 17.2. The molecule has 1 aromatic carbocycles. The highest BCUT2D eigenvalue weighted by molar-refractivity contribution is 5.79. The number of esters is 2. The number of benzene rings is 1. The standard InChI is InChI=1S/C17H25NO5/c1-5-22-14-9-7-13(8-10-14)11-15(17(20)21-4)18-12(3)16(19)23-6-2/h7-10,12,15,18H,5-6,11H2,1-4H3/t12-,15-/m0/s1. The van der Waals surface area contributed by atoms with Crippen molar-refractivity contribution in [3.63, 3.8) is 0 Å². The summed E-state index contributed by atoms with van der Waals surface area (Å²) in [6.07, 6.45) is 0.406. The highest BCUT2D eigenvalue weighted by Gasteiger charge is 2.25. The van der Waals surface area contributed by atoms with Crippen molar-refractivity contribution in [2.75, 3.05) is 20.3 Å². The lowest BCUT2D eigenvalue weighted by atomic mass is 10.0. The Morgan fingerprint density at radius 1 is 1.09 bits per heavy atom. The molecular formula is C17H25NO5. The van der Waals surface area contributed by atoms with Crippen LogP contribution in [0.4, 0.5) is 0 Å². The number of methoxy groups -OCH3 is 1. The third-order valence-corrected chi connectivity index (χ3v) is 3.25. The molecule has 1 rings (SSSR count). The van der Waals surface area contributed by atoms with Crippen LogP contribution < -0.4 is 10.1 Å². The van der Waals surface area contributed by atoms with Gasteiger partial charge >= 0.3 is 11.9 Å². The molecule has 1 aromatic rings. The molecule has 2 atom stereocenters. The molecule has 0 saturated heterocycles. The Kier molecular flexibility index (Phi) is 8.11. The van der Waals surface area contributed by atoms with Crippen LogP contribution in [0.1, 0.15) is 26.3 Å². The van der Waals surface area contributed by atoms with E-state index >= 15 is 0 Å².